The summed E-state index contributed by atoms with van der Waals surface area (Å²) in [5, 5.41) is 6.98. The summed E-state index contributed by atoms with van der Waals surface area (Å²) in [5.74, 6) is -0.198. The Bertz CT molecular complexity index is 1680. The summed E-state index contributed by atoms with van der Waals surface area (Å²) in [6.45, 7) is 4.36. The Hall–Kier alpha value is -4.14. The molecule has 1 aromatic heterocycles. The third-order valence-corrected chi connectivity index (χ3v) is 9.72. The smallest absolute Gasteiger partial charge is 0.318 e. The molecule has 1 fully saturated rings. The van der Waals surface area contributed by atoms with Crippen LogP contribution in [0.4, 0.5) is 10.5 Å². The number of likely N-dealkylation sites (tertiary alicyclic amines) is 1. The molecule has 6 rings (SSSR count). The Balaban J connectivity index is 1.26. The van der Waals surface area contributed by atoms with Gasteiger partial charge in [-0.2, -0.15) is 0 Å². The molecule has 0 bridgehead atoms. The standard InChI is InChI=1S/C36H40ClN5O3/c1-23(30-21-39-31-11-7-6-10-29(30)31)33(35(44)42-22-24(20-38-2)18-27-19-28(37)12-13-32(27)42)40-36(45)41-16-14-26(15-17-41)34(43)25-8-4-3-5-9-25/h3-13,19,21,23-24,26,33,38-39H,14-18,20,22H2,1-2H3,(H,40,45)/p+1/t23?,24-,33?/m1/s1. The van der Waals surface area contributed by atoms with Gasteiger partial charge in [0.15, 0.2) is 5.78 Å². The number of nitrogens with two attached hydrogens (primary N) is 1. The summed E-state index contributed by atoms with van der Waals surface area (Å²) in [6, 6.07) is 22.0. The highest BCUT2D eigenvalue weighted by atomic mass is 35.5. The molecule has 3 amide bonds. The molecule has 2 aliphatic heterocycles. The molecule has 45 heavy (non-hydrogen) atoms. The van der Waals surface area contributed by atoms with E-state index in [1.54, 1.807) is 4.90 Å². The quantitative estimate of drug-likeness (QED) is 0.240. The maximum Gasteiger partial charge on any atom is 0.318 e. The average Bonchev–Trinajstić information content (AvgIpc) is 3.50. The van der Waals surface area contributed by atoms with Crippen LogP contribution in [0, 0.1) is 11.8 Å². The maximum absolute atomic E-state index is 14.7. The summed E-state index contributed by atoms with van der Waals surface area (Å²) in [4.78, 5) is 48.5. The van der Waals surface area contributed by atoms with Crippen molar-refractivity contribution in [2.24, 2.45) is 11.8 Å². The minimum atomic E-state index is -0.812. The topological polar surface area (TPSA) is 102 Å². The number of para-hydroxylation sites is 1. The Morgan fingerprint density at radius 3 is 2.51 bits per heavy atom. The Morgan fingerprint density at radius 2 is 1.76 bits per heavy atom. The fourth-order valence-corrected chi connectivity index (χ4v) is 7.23. The van der Waals surface area contributed by atoms with E-state index in [-0.39, 0.29) is 35.5 Å². The molecule has 3 heterocycles. The molecule has 4 N–H and O–H groups in total. The molecule has 0 radical (unpaired) electrons. The molecule has 0 saturated carbocycles. The molecular formula is C36H41ClN5O3+. The third-order valence-electron chi connectivity index (χ3n) is 9.48. The average molecular weight is 627 g/mol. The summed E-state index contributed by atoms with van der Waals surface area (Å²) in [5.41, 5.74) is 4.56. The molecule has 3 aromatic carbocycles. The molecule has 2 aliphatic rings. The van der Waals surface area contributed by atoms with Gasteiger partial charge < -0.3 is 25.4 Å². The number of urea groups is 1. The lowest BCUT2D eigenvalue weighted by molar-refractivity contribution is -0.632. The van der Waals surface area contributed by atoms with Gasteiger partial charge in [-0.25, -0.2) is 4.79 Å². The number of quaternary nitrogens is 1. The monoisotopic (exact) mass is 626 g/mol. The highest BCUT2D eigenvalue weighted by molar-refractivity contribution is 6.30. The van der Waals surface area contributed by atoms with Gasteiger partial charge in [-0.3, -0.25) is 9.59 Å². The first-order chi connectivity index (χ1) is 21.8. The SMILES string of the molecule is C[NH2+]C[C@H]1Cc2cc(Cl)ccc2N(C(=O)C(NC(=O)N2CCC(C(=O)c3ccccc3)CC2)C(C)c2c[nH]c3ccccc23)C1. The lowest BCUT2D eigenvalue weighted by Crippen LogP contribution is -2.82. The number of benzene rings is 3. The van der Waals surface area contributed by atoms with Crippen LogP contribution in [0.25, 0.3) is 10.9 Å². The number of carbonyl (C=O) groups is 3. The lowest BCUT2D eigenvalue weighted by Gasteiger charge is -2.38. The Morgan fingerprint density at radius 1 is 1.02 bits per heavy atom. The van der Waals surface area contributed by atoms with Crippen molar-refractivity contribution in [3.05, 3.63) is 101 Å². The van der Waals surface area contributed by atoms with Gasteiger partial charge in [0.2, 0.25) is 5.91 Å². The fraction of sp³-hybridized carbons (Fsp3) is 0.361. The van der Waals surface area contributed by atoms with Gasteiger partial charge in [-0.05, 0) is 54.7 Å². The molecule has 9 heteroatoms. The second-order valence-electron chi connectivity index (χ2n) is 12.4. The first-order valence-electron chi connectivity index (χ1n) is 15.9. The largest absolute Gasteiger partial charge is 0.361 e. The van der Waals surface area contributed by atoms with Gasteiger partial charge in [0.05, 0.1) is 13.6 Å². The van der Waals surface area contributed by atoms with Crippen molar-refractivity contribution in [3.8, 4) is 0 Å². The van der Waals surface area contributed by atoms with Crippen LogP contribution in [-0.4, -0.2) is 66.9 Å². The Kier molecular flexibility index (Phi) is 9.24. The number of piperidine rings is 1. The van der Waals surface area contributed by atoms with Gasteiger partial charge in [0.1, 0.15) is 6.04 Å². The van der Waals surface area contributed by atoms with Crippen LogP contribution in [0.1, 0.15) is 47.2 Å². The summed E-state index contributed by atoms with van der Waals surface area (Å²) in [6.07, 6.45) is 3.97. The van der Waals surface area contributed by atoms with Crippen molar-refractivity contribution in [2.75, 3.05) is 38.1 Å². The van der Waals surface area contributed by atoms with Gasteiger partial charge in [0, 0.05) is 70.8 Å². The highest BCUT2D eigenvalue weighted by Crippen LogP contribution is 2.35. The number of carbonyl (C=O) groups excluding carboxylic acids is 3. The van der Waals surface area contributed by atoms with Crippen LogP contribution >= 0.6 is 11.6 Å². The zero-order valence-electron chi connectivity index (χ0n) is 25.8. The molecule has 0 aliphatic carbocycles. The molecular weight excluding hydrogens is 586 g/mol. The van der Waals surface area contributed by atoms with E-state index in [1.807, 2.05) is 97.9 Å². The fourth-order valence-electron chi connectivity index (χ4n) is 7.04. The number of Topliss-reactive ketones (excluding diaryl/α,β-unsaturated/α-hetero) is 1. The van der Waals surface area contributed by atoms with E-state index in [0.29, 0.717) is 43.1 Å². The number of aromatic nitrogens is 1. The number of halogens is 1. The second kappa shape index (κ2) is 13.5. The lowest BCUT2D eigenvalue weighted by atomic mass is 9.88. The van der Waals surface area contributed by atoms with Crippen LogP contribution in [-0.2, 0) is 11.2 Å². The molecule has 1 saturated heterocycles. The normalized spacial score (nSPS) is 18.3. The number of amides is 3. The van der Waals surface area contributed by atoms with E-state index < -0.39 is 6.04 Å². The van der Waals surface area contributed by atoms with E-state index in [1.165, 1.54) is 0 Å². The molecule has 0 spiro atoms. The van der Waals surface area contributed by atoms with E-state index in [9.17, 15) is 14.4 Å². The van der Waals surface area contributed by atoms with E-state index in [2.05, 4.69) is 15.6 Å². The third kappa shape index (κ3) is 6.49. The zero-order chi connectivity index (χ0) is 31.5. The van der Waals surface area contributed by atoms with Crippen LogP contribution in [0.3, 0.4) is 0 Å². The van der Waals surface area contributed by atoms with Gasteiger partial charge in [0.25, 0.3) is 0 Å². The number of anilines is 1. The number of aromatic amines is 1. The van der Waals surface area contributed by atoms with Crippen LogP contribution < -0.4 is 15.5 Å². The minimum absolute atomic E-state index is 0.122. The van der Waals surface area contributed by atoms with E-state index >= 15 is 0 Å². The van der Waals surface area contributed by atoms with Crippen molar-refractivity contribution >= 4 is 45.9 Å². The van der Waals surface area contributed by atoms with Crippen molar-refractivity contribution in [2.45, 2.75) is 38.1 Å². The van der Waals surface area contributed by atoms with E-state index in [0.717, 1.165) is 40.7 Å². The van der Waals surface area contributed by atoms with Crippen molar-refractivity contribution in [1.29, 1.82) is 0 Å². The number of rotatable bonds is 8. The van der Waals surface area contributed by atoms with Crippen molar-refractivity contribution in [3.63, 3.8) is 0 Å². The number of ketones is 1. The predicted octanol–water partition coefficient (Wildman–Crippen LogP) is 5.00. The van der Waals surface area contributed by atoms with Gasteiger partial charge >= 0.3 is 6.03 Å². The summed E-state index contributed by atoms with van der Waals surface area (Å²) < 4.78 is 0. The summed E-state index contributed by atoms with van der Waals surface area (Å²) >= 11 is 6.39. The molecule has 4 aromatic rings. The van der Waals surface area contributed by atoms with Crippen molar-refractivity contribution < 1.29 is 19.7 Å². The van der Waals surface area contributed by atoms with Crippen LogP contribution in [0.5, 0.6) is 0 Å². The first kappa shape index (κ1) is 30.9. The maximum atomic E-state index is 14.7. The summed E-state index contributed by atoms with van der Waals surface area (Å²) in [7, 11) is 2.04. The number of hydrogen-bond acceptors (Lipinski definition) is 3. The number of fused-ring (bicyclic) bond motifs is 2. The minimum Gasteiger partial charge on any atom is -0.361 e. The number of hydrogen-bond donors (Lipinski definition) is 3. The second-order valence-corrected chi connectivity index (χ2v) is 12.9. The number of nitrogens with one attached hydrogen (secondary N) is 2. The highest BCUT2D eigenvalue weighted by Gasteiger charge is 2.38. The van der Waals surface area contributed by atoms with E-state index in [4.69, 9.17) is 11.6 Å². The Labute approximate surface area is 269 Å². The van der Waals surface area contributed by atoms with Gasteiger partial charge in [-0.15, -0.1) is 0 Å². The van der Waals surface area contributed by atoms with Gasteiger partial charge in [-0.1, -0.05) is 67.1 Å². The first-order valence-corrected chi connectivity index (χ1v) is 16.3. The van der Waals surface area contributed by atoms with Crippen LogP contribution in [0.2, 0.25) is 5.02 Å². The number of H-pyrrole nitrogens is 1. The number of nitrogens with zero attached hydrogens (tertiary/aromatic N) is 2. The predicted molar refractivity (Wildman–Crippen MR) is 178 cm³/mol. The molecule has 8 nitrogen and oxygen atoms in total. The molecule has 234 valence electrons. The molecule has 3 atom stereocenters. The van der Waals surface area contributed by atoms with Crippen LogP contribution in [0.15, 0.2) is 79.0 Å². The van der Waals surface area contributed by atoms with Crippen molar-refractivity contribution in [1.82, 2.24) is 15.2 Å². The zero-order valence-corrected chi connectivity index (χ0v) is 26.6. The molecule has 2 unspecified atom stereocenters.